The van der Waals surface area contributed by atoms with Gasteiger partial charge >= 0.3 is 5.69 Å². The third-order valence-corrected chi connectivity index (χ3v) is 4.89. The van der Waals surface area contributed by atoms with Gasteiger partial charge in [0.1, 0.15) is 11.6 Å². The molecule has 9 nitrogen and oxygen atoms in total. The SMILES string of the molecule is COCCN(C(=O)C(C)Oc1ccc(Cl)cc1Cl)c1c(N)n(CC(C)C)c(=O)[nH]c1=O. The predicted octanol–water partition coefficient (Wildman–Crippen LogP) is 2.53. The number of aromatic amines is 1. The van der Waals surface area contributed by atoms with Crippen molar-refractivity contribution in [3.05, 3.63) is 49.1 Å². The van der Waals surface area contributed by atoms with Gasteiger partial charge in [-0.25, -0.2) is 4.79 Å². The molecule has 3 N–H and O–H groups in total. The van der Waals surface area contributed by atoms with E-state index < -0.39 is 23.3 Å². The summed E-state index contributed by atoms with van der Waals surface area (Å²) in [5.41, 5.74) is 4.61. The number of carbonyl (C=O) groups excluding carboxylic acids is 1. The van der Waals surface area contributed by atoms with Gasteiger partial charge in [-0.3, -0.25) is 24.0 Å². The zero-order chi connectivity index (χ0) is 23.3. The quantitative estimate of drug-likeness (QED) is 0.578. The lowest BCUT2D eigenvalue weighted by Gasteiger charge is -2.27. The molecule has 0 aliphatic carbocycles. The van der Waals surface area contributed by atoms with Crippen LogP contribution < -0.4 is 26.6 Å². The fourth-order valence-corrected chi connectivity index (χ4v) is 3.38. The van der Waals surface area contributed by atoms with Crippen LogP contribution in [0.5, 0.6) is 5.75 Å². The molecule has 0 radical (unpaired) electrons. The lowest BCUT2D eigenvalue weighted by Crippen LogP contribution is -2.47. The van der Waals surface area contributed by atoms with Gasteiger partial charge in [-0.15, -0.1) is 0 Å². The number of hydrogen-bond donors (Lipinski definition) is 2. The number of hydrogen-bond acceptors (Lipinski definition) is 6. The molecule has 1 unspecified atom stereocenters. The summed E-state index contributed by atoms with van der Waals surface area (Å²) in [7, 11) is 1.46. The fraction of sp³-hybridized carbons (Fsp3) is 0.450. The minimum atomic E-state index is -1.03. The zero-order valence-electron chi connectivity index (χ0n) is 17.8. The van der Waals surface area contributed by atoms with Gasteiger partial charge in [0.2, 0.25) is 0 Å². The highest BCUT2D eigenvalue weighted by atomic mass is 35.5. The topological polar surface area (TPSA) is 120 Å². The van der Waals surface area contributed by atoms with Crippen molar-refractivity contribution in [1.82, 2.24) is 9.55 Å². The Balaban J connectivity index is 2.46. The predicted molar refractivity (Wildman–Crippen MR) is 121 cm³/mol. The second-order valence-corrected chi connectivity index (χ2v) is 8.16. The number of carbonyl (C=O) groups is 1. The summed E-state index contributed by atoms with van der Waals surface area (Å²) in [5.74, 6) is -0.333. The Morgan fingerprint density at radius 3 is 2.52 bits per heavy atom. The molecule has 1 aromatic carbocycles. The minimum absolute atomic E-state index is 0.0184. The standard InChI is InChI=1S/C20H26Cl2N4O5/c1-11(2)10-26-17(23)16(18(27)24-20(26)29)25(7-8-30-4)19(28)12(3)31-15-6-5-13(21)9-14(15)22/h5-6,9,11-12H,7-8,10,23H2,1-4H3,(H,24,27,29). The van der Waals surface area contributed by atoms with Crippen molar-refractivity contribution in [2.24, 2.45) is 5.92 Å². The molecule has 2 rings (SSSR count). The van der Waals surface area contributed by atoms with Crippen molar-refractivity contribution >= 4 is 40.6 Å². The molecule has 0 fully saturated rings. The third-order valence-electron chi connectivity index (χ3n) is 4.36. The number of rotatable bonds is 9. The fourth-order valence-electron chi connectivity index (χ4n) is 2.93. The molecule has 0 saturated heterocycles. The normalized spacial score (nSPS) is 12.1. The highest BCUT2D eigenvalue weighted by molar-refractivity contribution is 6.35. The average molecular weight is 473 g/mol. The molecule has 1 heterocycles. The molecule has 0 saturated carbocycles. The number of nitrogens with zero attached hydrogens (tertiary/aromatic N) is 2. The average Bonchev–Trinajstić information content (AvgIpc) is 2.69. The van der Waals surface area contributed by atoms with E-state index in [1.807, 2.05) is 13.8 Å². The first kappa shape index (κ1) is 24.8. The number of anilines is 2. The largest absolute Gasteiger partial charge is 0.479 e. The van der Waals surface area contributed by atoms with Crippen LogP contribution >= 0.6 is 23.2 Å². The first-order chi connectivity index (χ1) is 14.6. The molecule has 31 heavy (non-hydrogen) atoms. The maximum atomic E-state index is 13.2. The number of benzene rings is 1. The van der Waals surface area contributed by atoms with E-state index in [1.165, 1.54) is 30.7 Å². The summed E-state index contributed by atoms with van der Waals surface area (Å²) in [6.07, 6.45) is -1.03. The van der Waals surface area contributed by atoms with Crippen LogP contribution in [0.3, 0.4) is 0 Å². The molecule has 2 aromatic rings. The highest BCUT2D eigenvalue weighted by Gasteiger charge is 2.29. The first-order valence-corrected chi connectivity index (χ1v) is 10.4. The first-order valence-electron chi connectivity index (χ1n) is 9.61. The lowest BCUT2D eigenvalue weighted by atomic mass is 10.2. The van der Waals surface area contributed by atoms with Crippen LogP contribution in [-0.4, -0.2) is 41.8 Å². The molecule has 11 heteroatoms. The number of halogens is 2. The molecule has 0 spiro atoms. The van der Waals surface area contributed by atoms with Gasteiger partial charge in [0.25, 0.3) is 11.5 Å². The maximum Gasteiger partial charge on any atom is 0.330 e. The van der Waals surface area contributed by atoms with Crippen molar-refractivity contribution in [1.29, 1.82) is 0 Å². The smallest absolute Gasteiger partial charge is 0.330 e. The Labute approximate surface area is 189 Å². The molecule has 1 atom stereocenters. The lowest BCUT2D eigenvalue weighted by molar-refractivity contribution is -0.124. The van der Waals surface area contributed by atoms with E-state index in [0.29, 0.717) is 5.02 Å². The summed E-state index contributed by atoms with van der Waals surface area (Å²) in [6.45, 7) is 5.73. The summed E-state index contributed by atoms with van der Waals surface area (Å²) in [4.78, 5) is 41.5. The third kappa shape index (κ3) is 6.03. The second-order valence-electron chi connectivity index (χ2n) is 7.32. The van der Waals surface area contributed by atoms with Gasteiger partial charge in [-0.05, 0) is 31.0 Å². The zero-order valence-corrected chi connectivity index (χ0v) is 19.3. The van der Waals surface area contributed by atoms with E-state index in [4.69, 9.17) is 38.4 Å². The number of nitrogen functional groups attached to an aromatic ring is 1. The summed E-state index contributed by atoms with van der Waals surface area (Å²) in [6, 6.07) is 4.61. The Kier molecular flexibility index (Phi) is 8.55. The van der Waals surface area contributed by atoms with Crippen molar-refractivity contribution in [3.8, 4) is 5.75 Å². The molecule has 1 aromatic heterocycles. The molecular formula is C20H26Cl2N4O5. The number of nitrogens with two attached hydrogens (primary N) is 1. The maximum absolute atomic E-state index is 13.2. The molecule has 0 aliphatic rings. The van der Waals surface area contributed by atoms with Crippen LogP contribution in [0.4, 0.5) is 11.5 Å². The molecule has 1 amide bonds. The Morgan fingerprint density at radius 2 is 1.94 bits per heavy atom. The molecular weight excluding hydrogens is 447 g/mol. The van der Waals surface area contributed by atoms with Gasteiger partial charge < -0.3 is 15.2 Å². The minimum Gasteiger partial charge on any atom is -0.479 e. The van der Waals surface area contributed by atoms with Gasteiger partial charge in [-0.2, -0.15) is 0 Å². The van der Waals surface area contributed by atoms with E-state index in [2.05, 4.69) is 4.98 Å². The second kappa shape index (κ2) is 10.7. The van der Waals surface area contributed by atoms with E-state index in [9.17, 15) is 14.4 Å². The molecule has 170 valence electrons. The van der Waals surface area contributed by atoms with Crippen molar-refractivity contribution < 1.29 is 14.3 Å². The van der Waals surface area contributed by atoms with Crippen molar-refractivity contribution in [2.45, 2.75) is 33.4 Å². The van der Waals surface area contributed by atoms with Gasteiger partial charge in [-0.1, -0.05) is 37.0 Å². The van der Waals surface area contributed by atoms with Crippen molar-refractivity contribution in [3.63, 3.8) is 0 Å². The number of nitrogens with one attached hydrogen (secondary N) is 1. The van der Waals surface area contributed by atoms with E-state index >= 15 is 0 Å². The number of aromatic nitrogens is 2. The Morgan fingerprint density at radius 1 is 1.26 bits per heavy atom. The number of methoxy groups -OCH3 is 1. The number of H-pyrrole nitrogens is 1. The van der Waals surface area contributed by atoms with Crippen LogP contribution in [0.15, 0.2) is 27.8 Å². The summed E-state index contributed by atoms with van der Waals surface area (Å²) >= 11 is 12.0. The van der Waals surface area contributed by atoms with Crippen LogP contribution in [0, 0.1) is 5.92 Å². The molecule has 0 aliphatic heterocycles. The summed E-state index contributed by atoms with van der Waals surface area (Å²) < 4.78 is 12.0. The van der Waals surface area contributed by atoms with Crippen LogP contribution in [0.25, 0.3) is 0 Å². The van der Waals surface area contributed by atoms with Crippen molar-refractivity contribution in [2.75, 3.05) is 30.9 Å². The summed E-state index contributed by atoms with van der Waals surface area (Å²) in [5, 5.41) is 0.656. The number of ether oxygens (including phenoxy) is 2. The molecule has 0 bridgehead atoms. The Hall–Kier alpha value is -2.49. The number of amides is 1. The Bertz CT molecular complexity index is 1050. The van der Waals surface area contributed by atoms with Crippen LogP contribution in [-0.2, 0) is 16.1 Å². The van der Waals surface area contributed by atoms with Gasteiger partial charge in [0.15, 0.2) is 11.8 Å². The highest BCUT2D eigenvalue weighted by Crippen LogP contribution is 2.29. The van der Waals surface area contributed by atoms with Gasteiger partial charge in [0, 0.05) is 25.2 Å². The monoisotopic (exact) mass is 472 g/mol. The van der Waals surface area contributed by atoms with Crippen LogP contribution in [0.1, 0.15) is 20.8 Å². The van der Waals surface area contributed by atoms with Crippen LogP contribution in [0.2, 0.25) is 10.0 Å². The van der Waals surface area contributed by atoms with E-state index in [0.717, 1.165) is 4.90 Å². The van der Waals surface area contributed by atoms with E-state index in [1.54, 1.807) is 6.07 Å². The van der Waals surface area contributed by atoms with Gasteiger partial charge in [0.05, 0.1) is 11.6 Å². The van der Waals surface area contributed by atoms with E-state index in [-0.39, 0.29) is 47.9 Å².